The average molecular weight is 208 g/mol. The Kier molecular flexibility index (Phi) is 5.09. The molecule has 7 heteroatoms. The Labute approximate surface area is 77.1 Å². The zero-order valence-electron chi connectivity index (χ0n) is 7.24. The Balaban J connectivity index is 4.02. The monoisotopic (exact) mass is 208 g/mol. The van der Waals surface area contributed by atoms with E-state index in [-0.39, 0.29) is 13.2 Å². The fourth-order valence-electron chi connectivity index (χ4n) is 0.475. The smallest absolute Gasteiger partial charge is 0.421 e. The van der Waals surface area contributed by atoms with E-state index in [2.05, 4.69) is 11.3 Å². The van der Waals surface area contributed by atoms with Crippen molar-refractivity contribution in [1.82, 2.24) is 9.44 Å². The first-order valence-electron chi connectivity index (χ1n) is 3.57. The molecule has 0 radical (unpaired) electrons. The minimum Gasteiger partial charge on any atom is -0.449 e. The van der Waals surface area contributed by atoms with E-state index in [4.69, 9.17) is 0 Å². The molecule has 0 aromatic heterocycles. The normalized spacial score (nSPS) is 10.5. The molecular weight excluding hydrogens is 196 g/mol. The van der Waals surface area contributed by atoms with Gasteiger partial charge >= 0.3 is 16.3 Å². The second kappa shape index (κ2) is 5.55. The van der Waals surface area contributed by atoms with E-state index in [1.165, 1.54) is 6.08 Å². The molecule has 0 saturated heterocycles. The molecule has 13 heavy (non-hydrogen) atoms. The molecule has 2 N–H and O–H groups in total. The average Bonchev–Trinajstić information content (AvgIpc) is 2.00. The summed E-state index contributed by atoms with van der Waals surface area (Å²) in [4.78, 5) is 10.6. The van der Waals surface area contributed by atoms with Crippen molar-refractivity contribution in [3.63, 3.8) is 0 Å². The third-order valence-corrected chi connectivity index (χ3v) is 1.89. The van der Waals surface area contributed by atoms with Crippen LogP contribution in [0.15, 0.2) is 12.7 Å². The Morgan fingerprint density at radius 1 is 1.62 bits per heavy atom. The van der Waals surface area contributed by atoms with Gasteiger partial charge in [-0.15, -0.1) is 6.58 Å². The van der Waals surface area contributed by atoms with Crippen LogP contribution < -0.4 is 9.44 Å². The minimum atomic E-state index is -3.81. The second-order valence-electron chi connectivity index (χ2n) is 1.96. The lowest BCUT2D eigenvalue weighted by molar-refractivity contribution is 0.158. The van der Waals surface area contributed by atoms with Crippen LogP contribution in [0.5, 0.6) is 0 Å². The van der Waals surface area contributed by atoms with E-state index < -0.39 is 16.3 Å². The van der Waals surface area contributed by atoms with Crippen LogP contribution in [-0.4, -0.2) is 27.7 Å². The fourth-order valence-corrected chi connectivity index (χ4v) is 1.16. The molecule has 0 aromatic carbocycles. The highest BCUT2D eigenvalue weighted by Gasteiger charge is 2.12. The van der Waals surface area contributed by atoms with E-state index in [0.717, 1.165) is 0 Å². The van der Waals surface area contributed by atoms with Gasteiger partial charge in [0.1, 0.15) is 0 Å². The highest BCUT2D eigenvalue weighted by molar-refractivity contribution is 7.88. The fraction of sp³-hybridized carbons (Fsp3) is 0.500. The van der Waals surface area contributed by atoms with Crippen molar-refractivity contribution in [1.29, 1.82) is 0 Å². The number of hydrogen-bond acceptors (Lipinski definition) is 4. The van der Waals surface area contributed by atoms with Crippen LogP contribution in [0.3, 0.4) is 0 Å². The first kappa shape index (κ1) is 11.9. The van der Waals surface area contributed by atoms with Gasteiger partial charge in [-0.3, -0.25) is 0 Å². The Hall–Kier alpha value is -1.08. The first-order chi connectivity index (χ1) is 6.02. The number of carbonyl (C=O) groups excluding carboxylic acids is 1. The second-order valence-corrected chi connectivity index (χ2v) is 3.46. The van der Waals surface area contributed by atoms with Gasteiger partial charge in [0.15, 0.2) is 0 Å². The summed E-state index contributed by atoms with van der Waals surface area (Å²) in [5, 5.41) is 0. The number of ether oxygens (including phenoxy) is 1. The highest BCUT2D eigenvalue weighted by Crippen LogP contribution is 1.81. The van der Waals surface area contributed by atoms with E-state index in [9.17, 15) is 13.2 Å². The van der Waals surface area contributed by atoms with E-state index in [0.29, 0.717) is 0 Å². The van der Waals surface area contributed by atoms with E-state index in [1.807, 2.05) is 4.72 Å². The van der Waals surface area contributed by atoms with E-state index in [1.54, 1.807) is 11.6 Å². The standard InChI is InChI=1S/C6H12N2O4S/c1-3-5-7-13(10,11)8-6(9)12-4-2/h3,7H,1,4-5H2,2H3,(H,8,9). The number of rotatable bonds is 5. The molecule has 0 aromatic rings. The van der Waals surface area contributed by atoms with Crippen molar-refractivity contribution in [3.8, 4) is 0 Å². The summed E-state index contributed by atoms with van der Waals surface area (Å²) in [6.07, 6.45) is 0.351. The molecule has 0 spiro atoms. The number of nitrogens with one attached hydrogen (secondary N) is 2. The summed E-state index contributed by atoms with van der Waals surface area (Å²) in [6, 6.07) is 0. The van der Waals surface area contributed by atoms with Gasteiger partial charge in [0, 0.05) is 6.54 Å². The molecule has 0 aliphatic heterocycles. The molecule has 0 aliphatic carbocycles. The topological polar surface area (TPSA) is 84.5 Å². The largest absolute Gasteiger partial charge is 0.449 e. The van der Waals surface area contributed by atoms with Gasteiger partial charge < -0.3 is 4.74 Å². The van der Waals surface area contributed by atoms with Crippen molar-refractivity contribution in [2.24, 2.45) is 0 Å². The molecular formula is C6H12N2O4S. The van der Waals surface area contributed by atoms with Crippen LogP contribution in [0.4, 0.5) is 4.79 Å². The van der Waals surface area contributed by atoms with Crippen molar-refractivity contribution in [2.75, 3.05) is 13.2 Å². The van der Waals surface area contributed by atoms with Crippen LogP contribution in [0.1, 0.15) is 6.92 Å². The molecule has 0 aliphatic rings. The first-order valence-corrected chi connectivity index (χ1v) is 5.05. The molecule has 1 amide bonds. The van der Waals surface area contributed by atoms with Gasteiger partial charge in [-0.25, -0.2) is 9.52 Å². The quantitative estimate of drug-likeness (QED) is 0.610. The number of amides is 1. The molecule has 76 valence electrons. The molecule has 0 saturated carbocycles. The van der Waals surface area contributed by atoms with Crippen LogP contribution in [0, 0.1) is 0 Å². The van der Waals surface area contributed by atoms with Gasteiger partial charge in [-0.2, -0.15) is 13.1 Å². The third kappa shape index (κ3) is 6.12. The SMILES string of the molecule is C=CCNS(=O)(=O)NC(=O)OCC. The summed E-state index contributed by atoms with van der Waals surface area (Å²) >= 11 is 0. The van der Waals surface area contributed by atoms with Gasteiger partial charge in [-0.1, -0.05) is 6.08 Å². The van der Waals surface area contributed by atoms with Gasteiger partial charge in [0.05, 0.1) is 6.61 Å². The Bertz CT molecular complexity index is 272. The maximum atomic E-state index is 10.9. The predicted molar refractivity (Wildman–Crippen MR) is 47.3 cm³/mol. The Morgan fingerprint density at radius 3 is 2.69 bits per heavy atom. The van der Waals surface area contributed by atoms with Crippen molar-refractivity contribution in [3.05, 3.63) is 12.7 Å². The lowest BCUT2D eigenvalue weighted by Gasteiger charge is -2.05. The summed E-state index contributed by atoms with van der Waals surface area (Å²) in [7, 11) is -3.81. The lowest BCUT2D eigenvalue weighted by Crippen LogP contribution is -2.40. The zero-order chi connectivity index (χ0) is 10.3. The summed E-state index contributed by atoms with van der Waals surface area (Å²) in [5.41, 5.74) is 0. The van der Waals surface area contributed by atoms with Crippen LogP contribution in [-0.2, 0) is 14.9 Å². The highest BCUT2D eigenvalue weighted by atomic mass is 32.2. The molecule has 0 bridgehead atoms. The van der Waals surface area contributed by atoms with Gasteiger partial charge in [-0.05, 0) is 6.92 Å². The van der Waals surface area contributed by atoms with Gasteiger partial charge in [0.2, 0.25) is 0 Å². The molecule has 0 unspecified atom stereocenters. The maximum Gasteiger partial charge on any atom is 0.421 e. The summed E-state index contributed by atoms with van der Waals surface area (Å²) in [6.45, 7) is 5.05. The van der Waals surface area contributed by atoms with Crippen molar-refractivity contribution < 1.29 is 17.9 Å². The van der Waals surface area contributed by atoms with Gasteiger partial charge in [0.25, 0.3) is 0 Å². The zero-order valence-corrected chi connectivity index (χ0v) is 8.06. The molecule has 0 rings (SSSR count). The van der Waals surface area contributed by atoms with Crippen molar-refractivity contribution in [2.45, 2.75) is 6.92 Å². The summed E-state index contributed by atoms with van der Waals surface area (Å²) in [5.74, 6) is 0. The number of hydrogen-bond donors (Lipinski definition) is 2. The predicted octanol–water partition coefficient (Wildman–Crippen LogP) is -0.247. The minimum absolute atomic E-state index is 0.0503. The van der Waals surface area contributed by atoms with E-state index >= 15 is 0 Å². The third-order valence-electron chi connectivity index (χ3n) is 0.911. The Morgan fingerprint density at radius 2 is 2.23 bits per heavy atom. The molecule has 0 atom stereocenters. The maximum absolute atomic E-state index is 10.9. The molecule has 0 heterocycles. The molecule has 0 fully saturated rings. The van der Waals surface area contributed by atoms with Crippen LogP contribution in [0.2, 0.25) is 0 Å². The van der Waals surface area contributed by atoms with Crippen LogP contribution >= 0.6 is 0 Å². The van der Waals surface area contributed by atoms with Crippen molar-refractivity contribution >= 4 is 16.3 Å². The lowest BCUT2D eigenvalue weighted by atomic mass is 10.7. The number of carbonyl (C=O) groups is 1. The molecule has 6 nitrogen and oxygen atoms in total. The summed E-state index contributed by atoms with van der Waals surface area (Å²) < 4.78 is 29.9. The van der Waals surface area contributed by atoms with Crippen LogP contribution in [0.25, 0.3) is 0 Å².